The molecular formula is C9H7F3NO2. The number of benzene rings is 1. The van der Waals surface area contributed by atoms with Crippen molar-refractivity contribution < 1.29 is 22.7 Å². The number of halogens is 3. The summed E-state index contributed by atoms with van der Waals surface area (Å²) in [6, 6.07) is 4.79. The Balaban J connectivity index is 2.68. The maximum atomic E-state index is 11.7. The van der Waals surface area contributed by atoms with Gasteiger partial charge < -0.3 is 10.5 Å². The molecule has 0 atom stereocenters. The van der Waals surface area contributed by atoms with Crippen LogP contribution in [0, 0.1) is 6.42 Å². The number of hydrogen-bond donors (Lipinski definition) is 1. The first-order valence-corrected chi connectivity index (χ1v) is 3.87. The number of ether oxygens (including phenoxy) is 1. The molecule has 0 aromatic heterocycles. The van der Waals surface area contributed by atoms with Gasteiger partial charge >= 0.3 is 6.36 Å². The summed E-state index contributed by atoms with van der Waals surface area (Å²) >= 11 is 0. The fourth-order valence-electron chi connectivity index (χ4n) is 0.930. The maximum Gasteiger partial charge on any atom is 0.573 e. The molecule has 1 amide bonds. The second kappa shape index (κ2) is 4.20. The first-order chi connectivity index (χ1) is 6.87. The van der Waals surface area contributed by atoms with Crippen molar-refractivity contribution in [3.8, 4) is 5.75 Å². The summed E-state index contributed by atoms with van der Waals surface area (Å²) in [5, 5.41) is 0. The molecule has 0 aliphatic heterocycles. The van der Waals surface area contributed by atoms with Gasteiger partial charge in [-0.1, -0.05) is 12.1 Å². The topological polar surface area (TPSA) is 52.3 Å². The van der Waals surface area contributed by atoms with E-state index in [1.165, 1.54) is 12.1 Å². The molecule has 3 nitrogen and oxygen atoms in total. The highest BCUT2D eigenvalue weighted by atomic mass is 19.4. The lowest BCUT2D eigenvalue weighted by atomic mass is 10.1. The van der Waals surface area contributed by atoms with Gasteiger partial charge in [-0.25, -0.2) is 0 Å². The van der Waals surface area contributed by atoms with Gasteiger partial charge in [-0.15, -0.1) is 13.2 Å². The largest absolute Gasteiger partial charge is 0.573 e. The third-order valence-electron chi connectivity index (χ3n) is 1.42. The third kappa shape index (κ3) is 4.35. The lowest BCUT2D eigenvalue weighted by Crippen LogP contribution is -2.17. The van der Waals surface area contributed by atoms with Crippen LogP contribution < -0.4 is 10.5 Å². The average Bonchev–Trinajstić information content (AvgIpc) is 2.05. The lowest BCUT2D eigenvalue weighted by molar-refractivity contribution is -0.274. The van der Waals surface area contributed by atoms with Crippen molar-refractivity contribution in [1.82, 2.24) is 0 Å². The summed E-state index contributed by atoms with van der Waals surface area (Å²) in [5.74, 6) is -1.01. The van der Waals surface area contributed by atoms with Crippen LogP contribution in [0.25, 0.3) is 0 Å². The third-order valence-corrected chi connectivity index (χ3v) is 1.42. The number of primary amides is 1. The Bertz CT molecular complexity index is 345. The fourth-order valence-corrected chi connectivity index (χ4v) is 0.930. The molecule has 0 fully saturated rings. The van der Waals surface area contributed by atoms with Crippen molar-refractivity contribution >= 4 is 5.91 Å². The van der Waals surface area contributed by atoms with Gasteiger partial charge in [0.1, 0.15) is 5.75 Å². The van der Waals surface area contributed by atoms with Crippen LogP contribution in [-0.4, -0.2) is 12.3 Å². The van der Waals surface area contributed by atoms with Crippen LogP contribution in [0.3, 0.4) is 0 Å². The van der Waals surface area contributed by atoms with E-state index in [9.17, 15) is 18.0 Å². The summed E-state index contributed by atoms with van der Waals surface area (Å²) < 4.78 is 38.9. The molecule has 0 unspecified atom stereocenters. The quantitative estimate of drug-likeness (QED) is 0.838. The van der Waals surface area contributed by atoms with Crippen LogP contribution in [-0.2, 0) is 4.79 Å². The van der Waals surface area contributed by atoms with Crippen molar-refractivity contribution in [2.24, 2.45) is 5.73 Å². The molecule has 2 N–H and O–H groups in total. The molecule has 0 heterocycles. The van der Waals surface area contributed by atoms with Crippen LogP contribution in [0.15, 0.2) is 24.3 Å². The number of carbonyl (C=O) groups excluding carboxylic acids is 1. The normalized spacial score (nSPS) is 11.1. The number of hydrogen-bond acceptors (Lipinski definition) is 2. The van der Waals surface area contributed by atoms with Gasteiger partial charge in [0, 0.05) is 0 Å². The van der Waals surface area contributed by atoms with Crippen molar-refractivity contribution in [2.45, 2.75) is 6.36 Å². The minimum absolute atomic E-state index is 0.343. The number of alkyl halides is 3. The van der Waals surface area contributed by atoms with E-state index < -0.39 is 12.3 Å². The molecule has 81 valence electrons. The standard InChI is InChI=1S/C9H7F3NO2/c10-9(11,12)15-7-3-1-6(2-4-7)5-8(13)14/h1-5H,(H2,13,14). The number of rotatable bonds is 3. The zero-order valence-electron chi connectivity index (χ0n) is 7.41. The Labute approximate surface area is 83.6 Å². The molecular weight excluding hydrogens is 211 g/mol. The van der Waals surface area contributed by atoms with Crippen LogP contribution in [0.2, 0.25) is 0 Å². The molecule has 6 heteroatoms. The van der Waals surface area contributed by atoms with E-state index >= 15 is 0 Å². The molecule has 1 aromatic rings. The summed E-state index contributed by atoms with van der Waals surface area (Å²) in [4.78, 5) is 10.4. The van der Waals surface area contributed by atoms with Crippen LogP contribution in [0.4, 0.5) is 13.2 Å². The van der Waals surface area contributed by atoms with Gasteiger partial charge in [0.2, 0.25) is 5.91 Å². The van der Waals surface area contributed by atoms with E-state index in [1.807, 2.05) is 0 Å². The Kier molecular flexibility index (Phi) is 3.18. The Morgan fingerprint density at radius 1 is 1.27 bits per heavy atom. The molecule has 0 saturated heterocycles. The highest BCUT2D eigenvalue weighted by Crippen LogP contribution is 2.22. The van der Waals surface area contributed by atoms with Gasteiger partial charge in [0.15, 0.2) is 0 Å². The average molecular weight is 218 g/mol. The molecule has 1 radical (unpaired) electrons. The van der Waals surface area contributed by atoms with E-state index in [4.69, 9.17) is 5.73 Å². The van der Waals surface area contributed by atoms with Crippen molar-refractivity contribution in [1.29, 1.82) is 0 Å². The van der Waals surface area contributed by atoms with Crippen LogP contribution in [0.5, 0.6) is 5.75 Å². The number of nitrogens with two attached hydrogens (primary N) is 1. The molecule has 0 bridgehead atoms. The molecule has 1 aromatic carbocycles. The van der Waals surface area contributed by atoms with E-state index in [0.717, 1.165) is 18.6 Å². The molecule has 0 spiro atoms. The molecule has 0 aliphatic carbocycles. The predicted molar refractivity (Wildman–Crippen MR) is 45.7 cm³/mol. The van der Waals surface area contributed by atoms with Gasteiger partial charge in [0.25, 0.3) is 0 Å². The molecule has 0 aliphatic rings. The van der Waals surface area contributed by atoms with E-state index in [0.29, 0.717) is 5.56 Å². The predicted octanol–water partition coefficient (Wildman–Crippen LogP) is 1.62. The second-order valence-corrected chi connectivity index (χ2v) is 2.66. The van der Waals surface area contributed by atoms with E-state index in [2.05, 4.69) is 4.74 Å². The van der Waals surface area contributed by atoms with Crippen molar-refractivity contribution in [2.75, 3.05) is 0 Å². The molecule has 15 heavy (non-hydrogen) atoms. The summed E-state index contributed by atoms with van der Waals surface area (Å²) in [5.41, 5.74) is 5.27. The van der Waals surface area contributed by atoms with Crippen LogP contribution >= 0.6 is 0 Å². The highest BCUT2D eigenvalue weighted by Gasteiger charge is 2.30. The summed E-state index contributed by atoms with van der Waals surface area (Å²) in [7, 11) is 0. The van der Waals surface area contributed by atoms with Gasteiger partial charge in [-0.3, -0.25) is 4.79 Å². The first-order valence-electron chi connectivity index (χ1n) is 3.87. The summed E-state index contributed by atoms with van der Waals surface area (Å²) in [6.07, 6.45) is -3.62. The smallest absolute Gasteiger partial charge is 0.406 e. The van der Waals surface area contributed by atoms with E-state index in [1.54, 1.807) is 0 Å². The molecule has 0 saturated carbocycles. The minimum atomic E-state index is -4.71. The fraction of sp³-hybridized carbons (Fsp3) is 0.111. The van der Waals surface area contributed by atoms with Gasteiger partial charge in [-0.05, 0) is 17.7 Å². The van der Waals surface area contributed by atoms with Crippen LogP contribution in [0.1, 0.15) is 5.56 Å². The minimum Gasteiger partial charge on any atom is -0.406 e. The zero-order chi connectivity index (χ0) is 11.5. The zero-order valence-corrected chi connectivity index (χ0v) is 7.41. The van der Waals surface area contributed by atoms with Gasteiger partial charge in [-0.2, -0.15) is 0 Å². The Morgan fingerprint density at radius 2 is 1.80 bits per heavy atom. The second-order valence-electron chi connectivity index (χ2n) is 2.66. The number of amides is 1. The van der Waals surface area contributed by atoms with E-state index in [-0.39, 0.29) is 5.75 Å². The molecule has 1 rings (SSSR count). The first kappa shape index (κ1) is 11.4. The lowest BCUT2D eigenvalue weighted by Gasteiger charge is -2.08. The van der Waals surface area contributed by atoms with Crippen molar-refractivity contribution in [3.05, 3.63) is 36.2 Å². The Hall–Kier alpha value is -1.72. The maximum absolute atomic E-state index is 11.7. The van der Waals surface area contributed by atoms with Gasteiger partial charge in [0.05, 0.1) is 6.42 Å². The monoisotopic (exact) mass is 218 g/mol. The number of carbonyl (C=O) groups is 1. The SMILES string of the molecule is NC(=O)[CH]c1ccc(OC(F)(F)F)cc1. The summed E-state index contributed by atoms with van der Waals surface area (Å²) in [6.45, 7) is 0. The highest BCUT2D eigenvalue weighted by molar-refractivity contribution is 5.86. The Morgan fingerprint density at radius 3 is 2.20 bits per heavy atom. The van der Waals surface area contributed by atoms with Crippen molar-refractivity contribution in [3.63, 3.8) is 0 Å².